The molecule has 0 fully saturated rings. The van der Waals surface area contributed by atoms with Gasteiger partial charge >= 0.3 is 0 Å². The molecule has 0 unspecified atom stereocenters. The van der Waals surface area contributed by atoms with Crippen LogP contribution >= 0.6 is 11.6 Å². The van der Waals surface area contributed by atoms with Crippen molar-refractivity contribution in [3.8, 4) is 5.69 Å². The Balaban J connectivity index is 2.13. The number of aromatic nitrogens is 2. The number of alkyl halides is 1. The fourth-order valence-electron chi connectivity index (χ4n) is 1.77. The van der Waals surface area contributed by atoms with Crippen molar-refractivity contribution in [1.29, 1.82) is 0 Å². The average Bonchev–Trinajstić information content (AvgIpc) is 2.99. The quantitative estimate of drug-likeness (QED) is 0.861. The van der Waals surface area contributed by atoms with Gasteiger partial charge in [0.1, 0.15) is 0 Å². The first-order valence-corrected chi connectivity index (χ1v) is 7.00. The third kappa shape index (κ3) is 3.20. The van der Waals surface area contributed by atoms with Crippen LogP contribution in [-0.2, 0) is 11.3 Å². The van der Waals surface area contributed by atoms with Gasteiger partial charge in [0.2, 0.25) is 5.91 Å². The highest BCUT2D eigenvalue weighted by molar-refractivity contribution is 6.19. The molecule has 2 aromatic rings. The molecule has 0 aliphatic rings. The Morgan fingerprint density at radius 1 is 1.35 bits per heavy atom. The Bertz CT molecular complexity index is 579. The predicted octanol–water partition coefficient (Wildman–Crippen LogP) is 2.75. The highest BCUT2D eigenvalue weighted by atomic mass is 35.5. The number of hydrogen-bond acceptors (Lipinski definition) is 2. The zero-order valence-corrected chi connectivity index (χ0v) is 12.4. The molecule has 0 spiro atoms. The minimum absolute atomic E-state index is 0.0530. The van der Waals surface area contributed by atoms with Gasteiger partial charge in [-0.05, 0) is 31.5 Å². The normalized spacial score (nSPS) is 11.3. The largest absolute Gasteiger partial charge is 0.351 e. The van der Waals surface area contributed by atoms with E-state index in [-0.39, 0.29) is 5.91 Å². The lowest BCUT2D eigenvalue weighted by molar-refractivity contribution is -0.128. The highest BCUT2D eigenvalue weighted by Gasteiger charge is 2.26. The summed E-state index contributed by atoms with van der Waals surface area (Å²) in [6.07, 6.45) is 3.61. The Hall–Kier alpha value is -1.81. The van der Waals surface area contributed by atoms with Crippen LogP contribution in [0, 0.1) is 5.41 Å². The number of hydrogen-bond donors (Lipinski definition) is 1. The van der Waals surface area contributed by atoms with Crippen LogP contribution in [0.4, 0.5) is 0 Å². The van der Waals surface area contributed by atoms with Crippen molar-refractivity contribution in [2.45, 2.75) is 20.4 Å². The first kappa shape index (κ1) is 14.6. The Morgan fingerprint density at radius 2 is 2.10 bits per heavy atom. The van der Waals surface area contributed by atoms with E-state index >= 15 is 0 Å². The Kier molecular flexibility index (Phi) is 4.45. The molecule has 0 radical (unpaired) electrons. The summed E-state index contributed by atoms with van der Waals surface area (Å²) in [7, 11) is 0. The molecule has 1 aromatic carbocycles. The van der Waals surface area contributed by atoms with Gasteiger partial charge in [0, 0.05) is 24.8 Å². The first-order valence-electron chi connectivity index (χ1n) is 6.47. The zero-order chi connectivity index (χ0) is 14.6. The monoisotopic (exact) mass is 291 g/mol. The molecule has 0 atom stereocenters. The Morgan fingerprint density at radius 3 is 2.75 bits per heavy atom. The third-order valence-electron chi connectivity index (χ3n) is 3.13. The number of amides is 1. The molecule has 4 nitrogen and oxygen atoms in total. The molecule has 1 amide bonds. The van der Waals surface area contributed by atoms with E-state index in [9.17, 15) is 4.79 Å². The standard InChI is InChI=1S/C15H18ClN3O/c1-15(2,11-16)14(20)17-10-12-6-3-4-7-13(12)19-9-5-8-18-19/h3-9H,10-11H2,1-2H3,(H,17,20). The number of benzene rings is 1. The van der Waals surface area contributed by atoms with E-state index < -0.39 is 5.41 Å². The first-order chi connectivity index (χ1) is 9.54. The molecule has 0 saturated carbocycles. The van der Waals surface area contributed by atoms with Crippen molar-refractivity contribution in [3.63, 3.8) is 0 Å². The van der Waals surface area contributed by atoms with Crippen LogP contribution in [0.15, 0.2) is 42.7 Å². The summed E-state index contributed by atoms with van der Waals surface area (Å²) < 4.78 is 1.79. The maximum Gasteiger partial charge on any atom is 0.227 e. The minimum Gasteiger partial charge on any atom is -0.351 e. The van der Waals surface area contributed by atoms with E-state index in [1.165, 1.54) is 0 Å². The SMILES string of the molecule is CC(C)(CCl)C(=O)NCc1ccccc1-n1cccn1. The summed E-state index contributed by atoms with van der Waals surface area (Å²) in [5, 5.41) is 7.15. The summed E-state index contributed by atoms with van der Waals surface area (Å²) >= 11 is 5.81. The number of nitrogens with zero attached hydrogens (tertiary/aromatic N) is 2. The highest BCUT2D eigenvalue weighted by Crippen LogP contribution is 2.18. The molecule has 5 heteroatoms. The zero-order valence-electron chi connectivity index (χ0n) is 11.6. The van der Waals surface area contributed by atoms with Crippen LogP contribution in [0.2, 0.25) is 0 Å². The molecule has 1 N–H and O–H groups in total. The van der Waals surface area contributed by atoms with Gasteiger partial charge in [-0.1, -0.05) is 18.2 Å². The van der Waals surface area contributed by atoms with Gasteiger partial charge in [-0.15, -0.1) is 11.6 Å². The van der Waals surface area contributed by atoms with Gasteiger partial charge in [0.05, 0.1) is 11.1 Å². The number of para-hydroxylation sites is 1. The van der Waals surface area contributed by atoms with Crippen LogP contribution < -0.4 is 5.32 Å². The van der Waals surface area contributed by atoms with E-state index in [2.05, 4.69) is 10.4 Å². The lowest BCUT2D eigenvalue weighted by Crippen LogP contribution is -2.37. The van der Waals surface area contributed by atoms with E-state index in [1.54, 1.807) is 10.9 Å². The van der Waals surface area contributed by atoms with Gasteiger partial charge in [-0.2, -0.15) is 5.10 Å². The fourth-order valence-corrected chi connectivity index (χ4v) is 1.89. The van der Waals surface area contributed by atoms with Gasteiger partial charge in [0.25, 0.3) is 0 Å². The number of carbonyl (C=O) groups is 1. The molecular weight excluding hydrogens is 274 g/mol. The van der Waals surface area contributed by atoms with Gasteiger partial charge < -0.3 is 5.32 Å². The number of nitrogens with one attached hydrogen (secondary N) is 1. The van der Waals surface area contributed by atoms with Crippen LogP contribution in [0.3, 0.4) is 0 Å². The molecule has 106 valence electrons. The maximum absolute atomic E-state index is 12.0. The van der Waals surface area contributed by atoms with Crippen molar-refractivity contribution in [2.24, 2.45) is 5.41 Å². The van der Waals surface area contributed by atoms with Crippen LogP contribution in [-0.4, -0.2) is 21.6 Å². The summed E-state index contributed by atoms with van der Waals surface area (Å²) in [5.74, 6) is 0.238. The van der Waals surface area contributed by atoms with E-state index in [0.717, 1.165) is 11.3 Å². The molecule has 20 heavy (non-hydrogen) atoms. The molecule has 0 saturated heterocycles. The van der Waals surface area contributed by atoms with Crippen LogP contribution in [0.1, 0.15) is 19.4 Å². The van der Waals surface area contributed by atoms with E-state index in [4.69, 9.17) is 11.6 Å². The maximum atomic E-state index is 12.0. The lowest BCUT2D eigenvalue weighted by atomic mass is 9.95. The summed E-state index contributed by atoms with van der Waals surface area (Å²) in [6.45, 7) is 4.11. The molecule has 2 rings (SSSR count). The fraction of sp³-hybridized carbons (Fsp3) is 0.333. The number of carbonyl (C=O) groups excluding carboxylic acids is 1. The van der Waals surface area contributed by atoms with Gasteiger partial charge in [-0.25, -0.2) is 4.68 Å². The third-order valence-corrected chi connectivity index (χ3v) is 3.80. The smallest absolute Gasteiger partial charge is 0.227 e. The second kappa shape index (κ2) is 6.09. The second-order valence-corrected chi connectivity index (χ2v) is 5.55. The van der Waals surface area contributed by atoms with Gasteiger partial charge in [-0.3, -0.25) is 4.79 Å². The number of halogens is 1. The molecule has 1 heterocycles. The van der Waals surface area contributed by atoms with Crippen molar-refractivity contribution in [1.82, 2.24) is 15.1 Å². The van der Waals surface area contributed by atoms with Crippen molar-refractivity contribution >= 4 is 17.5 Å². The molecule has 0 bridgehead atoms. The second-order valence-electron chi connectivity index (χ2n) is 5.28. The van der Waals surface area contributed by atoms with Crippen LogP contribution in [0.25, 0.3) is 5.69 Å². The average molecular weight is 292 g/mol. The van der Waals surface area contributed by atoms with Gasteiger partial charge in [0.15, 0.2) is 0 Å². The molecule has 0 aliphatic heterocycles. The lowest BCUT2D eigenvalue weighted by Gasteiger charge is -2.21. The molecule has 1 aromatic heterocycles. The summed E-state index contributed by atoms with van der Waals surface area (Å²) in [6, 6.07) is 9.71. The molecule has 0 aliphatic carbocycles. The van der Waals surface area contributed by atoms with E-state index in [0.29, 0.717) is 12.4 Å². The van der Waals surface area contributed by atoms with Crippen molar-refractivity contribution < 1.29 is 4.79 Å². The van der Waals surface area contributed by atoms with Crippen molar-refractivity contribution in [3.05, 3.63) is 48.3 Å². The summed E-state index contributed by atoms with van der Waals surface area (Å²) in [4.78, 5) is 12.0. The topological polar surface area (TPSA) is 46.9 Å². The minimum atomic E-state index is -0.567. The van der Waals surface area contributed by atoms with Crippen LogP contribution in [0.5, 0.6) is 0 Å². The van der Waals surface area contributed by atoms with Crippen molar-refractivity contribution in [2.75, 3.05) is 5.88 Å². The summed E-state index contributed by atoms with van der Waals surface area (Å²) in [5.41, 5.74) is 1.40. The van der Waals surface area contributed by atoms with E-state index in [1.807, 2.05) is 50.4 Å². The Labute approximate surface area is 123 Å². The molecular formula is C15H18ClN3O. The number of rotatable bonds is 5. The predicted molar refractivity (Wildman–Crippen MR) is 79.9 cm³/mol.